The molecule has 1 N–H and O–H groups in total. The number of ketones is 1. The van der Waals surface area contributed by atoms with Gasteiger partial charge < -0.3 is 19.4 Å². The molecule has 0 unspecified atom stereocenters. The predicted octanol–water partition coefficient (Wildman–Crippen LogP) is 4.23. The Kier molecular flexibility index (Phi) is 4.42. The number of ether oxygens (including phenoxy) is 2. The van der Waals surface area contributed by atoms with Crippen molar-refractivity contribution in [3.63, 3.8) is 0 Å². The second-order valence-corrected chi connectivity index (χ2v) is 9.48. The molecule has 1 aliphatic carbocycles. The Morgan fingerprint density at radius 2 is 1.93 bits per heavy atom. The Morgan fingerprint density at radius 3 is 2.73 bits per heavy atom. The summed E-state index contributed by atoms with van der Waals surface area (Å²) in [6, 6.07) is 5.97. The second-order valence-electron chi connectivity index (χ2n) is 9.48. The van der Waals surface area contributed by atoms with Crippen molar-refractivity contribution < 1.29 is 19.1 Å². The molecule has 2 aliphatic heterocycles. The molecule has 2 aromatic rings. The van der Waals surface area contributed by atoms with Gasteiger partial charge in [-0.25, -0.2) is 0 Å². The van der Waals surface area contributed by atoms with Crippen molar-refractivity contribution in [1.82, 2.24) is 9.88 Å². The van der Waals surface area contributed by atoms with Gasteiger partial charge in [0.2, 0.25) is 0 Å². The Balaban J connectivity index is 1.46. The first kappa shape index (κ1) is 19.2. The molecule has 6 heteroatoms. The fourth-order valence-corrected chi connectivity index (χ4v) is 5.21. The normalized spacial score (nSPS) is 22.2. The van der Waals surface area contributed by atoms with Crippen LogP contribution in [0.2, 0.25) is 0 Å². The number of benzene rings is 1. The van der Waals surface area contributed by atoms with E-state index in [0.29, 0.717) is 31.9 Å². The average molecular weight is 408 g/mol. The summed E-state index contributed by atoms with van der Waals surface area (Å²) in [7, 11) is 0. The van der Waals surface area contributed by atoms with Crippen LogP contribution < -0.4 is 9.47 Å². The van der Waals surface area contributed by atoms with Crippen molar-refractivity contribution in [3.8, 4) is 11.5 Å². The number of amides is 1. The first-order valence-corrected chi connectivity index (χ1v) is 10.8. The number of rotatable bonds is 2. The smallest absolute Gasteiger partial charge is 0.271 e. The zero-order valence-electron chi connectivity index (χ0n) is 17.8. The third-order valence-corrected chi connectivity index (χ3v) is 6.58. The summed E-state index contributed by atoms with van der Waals surface area (Å²) < 4.78 is 11.4. The lowest BCUT2D eigenvalue weighted by Gasteiger charge is -2.28. The fourth-order valence-electron chi connectivity index (χ4n) is 5.21. The topological polar surface area (TPSA) is 71.6 Å². The number of likely N-dealkylation sites (tertiary alicyclic amines) is 1. The molecule has 1 atom stereocenters. The molecule has 3 aliphatic rings. The minimum atomic E-state index is -0.0803. The van der Waals surface area contributed by atoms with E-state index < -0.39 is 0 Å². The van der Waals surface area contributed by atoms with Crippen LogP contribution in [-0.4, -0.2) is 41.3 Å². The maximum atomic E-state index is 13.6. The lowest BCUT2D eigenvalue weighted by atomic mass is 9.75. The lowest BCUT2D eigenvalue weighted by molar-refractivity contribution is 0.0728. The molecule has 1 fully saturated rings. The number of H-pyrrole nitrogens is 1. The van der Waals surface area contributed by atoms with Crippen molar-refractivity contribution >= 4 is 11.7 Å². The molecule has 0 bridgehead atoms. The molecule has 3 heterocycles. The van der Waals surface area contributed by atoms with Crippen molar-refractivity contribution in [2.75, 3.05) is 19.8 Å². The van der Waals surface area contributed by atoms with Crippen molar-refractivity contribution in [3.05, 3.63) is 46.3 Å². The first-order valence-electron chi connectivity index (χ1n) is 10.8. The van der Waals surface area contributed by atoms with Crippen LogP contribution in [0.4, 0.5) is 0 Å². The van der Waals surface area contributed by atoms with Gasteiger partial charge in [-0.05, 0) is 54.9 Å². The van der Waals surface area contributed by atoms with Crippen LogP contribution in [-0.2, 0) is 6.42 Å². The van der Waals surface area contributed by atoms with Crippen molar-refractivity contribution in [1.29, 1.82) is 0 Å². The fraction of sp³-hybridized carbons (Fsp3) is 0.500. The van der Waals surface area contributed by atoms with Crippen molar-refractivity contribution in [2.24, 2.45) is 5.41 Å². The van der Waals surface area contributed by atoms with Crippen LogP contribution in [0, 0.1) is 12.3 Å². The molecule has 1 amide bonds. The maximum absolute atomic E-state index is 13.6. The number of aromatic amines is 1. The van der Waals surface area contributed by atoms with E-state index in [4.69, 9.17) is 9.47 Å². The van der Waals surface area contributed by atoms with Gasteiger partial charge in [0.1, 0.15) is 18.9 Å². The van der Waals surface area contributed by atoms with Gasteiger partial charge in [0.25, 0.3) is 5.91 Å². The van der Waals surface area contributed by atoms with Crippen LogP contribution in [0.25, 0.3) is 0 Å². The van der Waals surface area contributed by atoms with Gasteiger partial charge in [-0.1, -0.05) is 19.9 Å². The number of hydrogen-bond donors (Lipinski definition) is 1. The minimum Gasteiger partial charge on any atom is -0.486 e. The summed E-state index contributed by atoms with van der Waals surface area (Å²) in [5.41, 5.74) is 3.98. The predicted molar refractivity (Wildman–Crippen MR) is 112 cm³/mol. The Morgan fingerprint density at radius 1 is 1.17 bits per heavy atom. The first-order chi connectivity index (χ1) is 14.3. The van der Waals surface area contributed by atoms with Gasteiger partial charge >= 0.3 is 0 Å². The molecule has 1 aromatic heterocycles. The standard InChI is InChI=1S/C24H28N2O4/c1-14-21-16(12-24(2,3)13-18(21)27)25-22(14)23(28)26-8-4-5-17(26)15-6-7-19-20(11-15)30-10-9-29-19/h6-7,11,17,25H,4-5,8-10,12-13H2,1-3H3/t17-/m0/s1. The highest BCUT2D eigenvalue weighted by Crippen LogP contribution is 2.40. The van der Waals surface area contributed by atoms with E-state index in [1.54, 1.807) is 0 Å². The number of hydrogen-bond acceptors (Lipinski definition) is 4. The van der Waals surface area contributed by atoms with E-state index in [2.05, 4.69) is 18.8 Å². The van der Waals surface area contributed by atoms with Gasteiger partial charge in [-0.15, -0.1) is 0 Å². The molecule has 5 rings (SSSR count). The van der Waals surface area contributed by atoms with E-state index in [1.165, 1.54) is 0 Å². The summed E-state index contributed by atoms with van der Waals surface area (Å²) in [5.74, 6) is 1.62. The molecule has 0 saturated carbocycles. The number of Topliss-reactive ketones (excluding diaryl/α,β-unsaturated/α-hetero) is 1. The highest BCUT2D eigenvalue weighted by atomic mass is 16.6. The van der Waals surface area contributed by atoms with Crippen LogP contribution in [0.15, 0.2) is 18.2 Å². The molecule has 158 valence electrons. The zero-order valence-corrected chi connectivity index (χ0v) is 17.8. The van der Waals surface area contributed by atoms with Gasteiger partial charge in [0.15, 0.2) is 17.3 Å². The van der Waals surface area contributed by atoms with Crippen LogP contribution in [0.1, 0.15) is 76.8 Å². The highest BCUT2D eigenvalue weighted by Gasteiger charge is 2.38. The van der Waals surface area contributed by atoms with Crippen LogP contribution in [0.5, 0.6) is 11.5 Å². The zero-order chi connectivity index (χ0) is 21.0. The van der Waals surface area contributed by atoms with E-state index >= 15 is 0 Å². The SMILES string of the molecule is Cc1c(C(=O)N2CCC[C@H]2c2ccc3c(c2)OCCO3)[nH]c2c1C(=O)CC(C)(C)C2. The molecule has 0 spiro atoms. The van der Waals surface area contributed by atoms with E-state index in [0.717, 1.165) is 53.1 Å². The third-order valence-electron chi connectivity index (χ3n) is 6.58. The molecule has 30 heavy (non-hydrogen) atoms. The highest BCUT2D eigenvalue weighted by molar-refractivity contribution is 6.04. The largest absolute Gasteiger partial charge is 0.486 e. The summed E-state index contributed by atoms with van der Waals surface area (Å²) in [5, 5.41) is 0. The summed E-state index contributed by atoms with van der Waals surface area (Å²) in [6.07, 6.45) is 3.18. The third kappa shape index (κ3) is 3.09. The molecule has 1 saturated heterocycles. The molecular weight excluding hydrogens is 380 g/mol. The number of fused-ring (bicyclic) bond motifs is 2. The van der Waals surface area contributed by atoms with E-state index in [9.17, 15) is 9.59 Å². The number of carbonyl (C=O) groups is 2. The van der Waals surface area contributed by atoms with Gasteiger partial charge in [0.05, 0.1) is 6.04 Å². The lowest BCUT2D eigenvalue weighted by Crippen LogP contribution is -2.31. The second kappa shape index (κ2) is 6.89. The monoisotopic (exact) mass is 408 g/mol. The number of nitrogens with one attached hydrogen (secondary N) is 1. The Hall–Kier alpha value is -2.76. The number of nitrogens with zero attached hydrogens (tertiary/aromatic N) is 1. The summed E-state index contributed by atoms with van der Waals surface area (Å²) in [4.78, 5) is 31.5. The van der Waals surface area contributed by atoms with Gasteiger partial charge in [-0.2, -0.15) is 0 Å². The van der Waals surface area contributed by atoms with E-state index in [-0.39, 0.29) is 23.1 Å². The van der Waals surface area contributed by atoms with Crippen LogP contribution >= 0.6 is 0 Å². The Bertz CT molecular complexity index is 1040. The van der Waals surface area contributed by atoms with Crippen molar-refractivity contribution in [2.45, 2.75) is 52.5 Å². The molecule has 1 aromatic carbocycles. The van der Waals surface area contributed by atoms with Gasteiger partial charge in [-0.3, -0.25) is 9.59 Å². The summed E-state index contributed by atoms with van der Waals surface area (Å²) >= 11 is 0. The van der Waals surface area contributed by atoms with E-state index in [1.807, 2.05) is 30.0 Å². The quantitative estimate of drug-likeness (QED) is 0.807. The van der Waals surface area contributed by atoms with Crippen LogP contribution in [0.3, 0.4) is 0 Å². The minimum absolute atomic E-state index is 0.000182. The average Bonchev–Trinajstić information content (AvgIpc) is 3.31. The summed E-state index contributed by atoms with van der Waals surface area (Å²) in [6.45, 7) is 7.91. The Labute approximate surface area is 176 Å². The molecular formula is C24H28N2O4. The van der Waals surface area contributed by atoms with Gasteiger partial charge in [0, 0.05) is 24.2 Å². The maximum Gasteiger partial charge on any atom is 0.271 e. The molecule has 6 nitrogen and oxygen atoms in total. The number of carbonyl (C=O) groups excluding carboxylic acids is 2. The number of aromatic nitrogens is 1. The molecule has 0 radical (unpaired) electrons.